The van der Waals surface area contributed by atoms with Crippen LogP contribution < -0.4 is 0 Å². The van der Waals surface area contributed by atoms with Gasteiger partial charge in [0.15, 0.2) is 0 Å². The second kappa shape index (κ2) is 6.05. The molecule has 1 saturated heterocycles. The van der Waals surface area contributed by atoms with Crippen molar-refractivity contribution in [3.63, 3.8) is 0 Å². The molecule has 5 nitrogen and oxygen atoms in total. The lowest BCUT2D eigenvalue weighted by molar-refractivity contribution is 0.169. The fourth-order valence-electron chi connectivity index (χ4n) is 2.23. The Kier molecular flexibility index (Phi) is 4.56. The van der Waals surface area contributed by atoms with Crippen LogP contribution >= 0.6 is 0 Å². The molecule has 0 aromatic heterocycles. The molecule has 0 spiro atoms. The molecule has 1 aromatic rings. The molecular weight excluding hydrogens is 300 g/mol. The largest absolute Gasteiger partial charge is 0.286 e. The topological polar surface area (TPSA) is 64.4 Å². The summed E-state index contributed by atoms with van der Waals surface area (Å²) >= 11 is 0. The van der Waals surface area contributed by atoms with Gasteiger partial charge in [0, 0.05) is 26.2 Å². The fourth-order valence-corrected chi connectivity index (χ4v) is 3.73. The van der Waals surface area contributed by atoms with Gasteiger partial charge in [-0.1, -0.05) is 0 Å². The van der Waals surface area contributed by atoms with Crippen molar-refractivity contribution in [1.29, 1.82) is 5.26 Å². The maximum Gasteiger partial charge on any atom is 0.246 e. The van der Waals surface area contributed by atoms with Gasteiger partial charge in [-0.3, -0.25) is 4.90 Å². The Morgan fingerprint density at radius 1 is 1.24 bits per heavy atom. The third kappa shape index (κ3) is 3.20. The summed E-state index contributed by atoms with van der Waals surface area (Å²) < 4.78 is 52.6. The van der Waals surface area contributed by atoms with Crippen molar-refractivity contribution in [2.45, 2.75) is 17.9 Å². The molecule has 2 rings (SSSR count). The van der Waals surface area contributed by atoms with E-state index in [1.54, 1.807) is 6.92 Å². The van der Waals surface area contributed by atoms with Crippen LogP contribution in [0.3, 0.4) is 0 Å². The molecule has 21 heavy (non-hydrogen) atoms. The normalized spacial score (nSPS) is 19.1. The van der Waals surface area contributed by atoms with Crippen LogP contribution in [0.2, 0.25) is 0 Å². The lowest BCUT2D eigenvalue weighted by Gasteiger charge is -2.35. The third-order valence-corrected chi connectivity index (χ3v) is 5.43. The maximum atomic E-state index is 13.7. The minimum Gasteiger partial charge on any atom is -0.286 e. The second-order valence-electron chi connectivity index (χ2n) is 4.82. The lowest BCUT2D eigenvalue weighted by Crippen LogP contribution is -2.51. The van der Waals surface area contributed by atoms with Crippen molar-refractivity contribution in [3.8, 4) is 6.07 Å². The molecule has 8 heteroatoms. The first-order valence-electron chi connectivity index (χ1n) is 6.45. The molecule has 114 valence electrons. The molecule has 1 heterocycles. The average Bonchev–Trinajstić information content (AvgIpc) is 2.49. The molecule has 1 aliphatic heterocycles. The number of hydrogen-bond donors (Lipinski definition) is 0. The highest BCUT2D eigenvalue weighted by Crippen LogP contribution is 2.22. The number of benzene rings is 1. The highest BCUT2D eigenvalue weighted by molar-refractivity contribution is 7.89. The van der Waals surface area contributed by atoms with Gasteiger partial charge in [0.2, 0.25) is 10.0 Å². The lowest BCUT2D eigenvalue weighted by atomic mass is 10.2. The van der Waals surface area contributed by atoms with Gasteiger partial charge in [0.1, 0.15) is 16.5 Å². The number of piperazine rings is 1. The summed E-state index contributed by atoms with van der Waals surface area (Å²) in [6, 6.07) is 4.15. The van der Waals surface area contributed by atoms with Crippen LogP contribution in [0.15, 0.2) is 23.1 Å². The molecule has 1 unspecified atom stereocenters. The van der Waals surface area contributed by atoms with Crippen molar-refractivity contribution < 1.29 is 17.2 Å². The summed E-state index contributed by atoms with van der Waals surface area (Å²) in [5.41, 5.74) is 0. The zero-order valence-electron chi connectivity index (χ0n) is 11.5. The highest BCUT2D eigenvalue weighted by Gasteiger charge is 2.32. The van der Waals surface area contributed by atoms with Gasteiger partial charge in [0.25, 0.3) is 0 Å². The van der Waals surface area contributed by atoms with Gasteiger partial charge in [0.05, 0.1) is 12.1 Å². The van der Waals surface area contributed by atoms with Crippen molar-refractivity contribution in [3.05, 3.63) is 29.8 Å². The van der Waals surface area contributed by atoms with Gasteiger partial charge in [-0.15, -0.1) is 0 Å². The molecule has 1 fully saturated rings. The molecule has 1 atom stereocenters. The number of hydrogen-bond acceptors (Lipinski definition) is 4. The van der Waals surface area contributed by atoms with Crippen molar-refractivity contribution in [2.75, 3.05) is 26.2 Å². The Labute approximate surface area is 122 Å². The molecule has 0 aliphatic carbocycles. The molecule has 0 N–H and O–H groups in total. The summed E-state index contributed by atoms with van der Waals surface area (Å²) in [6.07, 6.45) is 0. The molecule has 1 aliphatic rings. The van der Waals surface area contributed by atoms with E-state index in [0.717, 1.165) is 16.4 Å². The van der Waals surface area contributed by atoms with E-state index < -0.39 is 26.6 Å². The smallest absolute Gasteiger partial charge is 0.246 e. The van der Waals surface area contributed by atoms with Crippen molar-refractivity contribution >= 4 is 10.0 Å². The van der Waals surface area contributed by atoms with Crippen LogP contribution in [-0.4, -0.2) is 49.8 Å². The summed E-state index contributed by atoms with van der Waals surface area (Å²) in [4.78, 5) is 1.19. The monoisotopic (exact) mass is 315 g/mol. The van der Waals surface area contributed by atoms with E-state index in [1.165, 1.54) is 0 Å². The van der Waals surface area contributed by atoms with Crippen molar-refractivity contribution in [2.24, 2.45) is 0 Å². The minimum atomic E-state index is -4.06. The van der Waals surface area contributed by atoms with Crippen LogP contribution in [0, 0.1) is 23.0 Å². The predicted molar refractivity (Wildman–Crippen MR) is 71.8 cm³/mol. The fraction of sp³-hybridized carbons (Fsp3) is 0.462. The maximum absolute atomic E-state index is 13.7. The van der Waals surface area contributed by atoms with Gasteiger partial charge in [-0.05, 0) is 25.1 Å². The SMILES string of the molecule is CC(C#N)N1CCN(S(=O)(=O)c2cc(F)ccc2F)CC1. The molecule has 0 bridgehead atoms. The first-order chi connectivity index (χ1) is 9.86. The van der Waals surface area contributed by atoms with Crippen LogP contribution in [-0.2, 0) is 10.0 Å². The van der Waals surface area contributed by atoms with Crippen LogP contribution in [0.5, 0.6) is 0 Å². The summed E-state index contributed by atoms with van der Waals surface area (Å²) in [7, 11) is -4.06. The van der Waals surface area contributed by atoms with Gasteiger partial charge < -0.3 is 0 Å². The minimum absolute atomic E-state index is 0.143. The molecule has 0 radical (unpaired) electrons. The second-order valence-corrected chi connectivity index (χ2v) is 6.73. The van der Waals surface area contributed by atoms with Gasteiger partial charge >= 0.3 is 0 Å². The number of nitriles is 1. The van der Waals surface area contributed by atoms with E-state index in [0.29, 0.717) is 19.2 Å². The first-order valence-corrected chi connectivity index (χ1v) is 7.89. The van der Waals surface area contributed by atoms with Crippen LogP contribution in [0.25, 0.3) is 0 Å². The molecular formula is C13H15F2N3O2S. The first kappa shape index (κ1) is 15.8. The Bertz CT molecular complexity index is 664. The van der Waals surface area contributed by atoms with E-state index in [9.17, 15) is 17.2 Å². The van der Waals surface area contributed by atoms with Gasteiger partial charge in [-0.25, -0.2) is 17.2 Å². The Morgan fingerprint density at radius 2 is 1.86 bits per heavy atom. The Balaban J connectivity index is 2.19. The third-order valence-electron chi connectivity index (χ3n) is 3.52. The highest BCUT2D eigenvalue weighted by atomic mass is 32.2. The molecule has 1 aromatic carbocycles. The van der Waals surface area contributed by atoms with Gasteiger partial charge in [-0.2, -0.15) is 9.57 Å². The number of halogens is 2. The number of rotatable bonds is 3. The van der Waals surface area contributed by atoms with E-state index in [4.69, 9.17) is 5.26 Å². The summed E-state index contributed by atoms with van der Waals surface area (Å²) in [6.45, 7) is 2.78. The quantitative estimate of drug-likeness (QED) is 0.840. The molecule has 0 saturated carbocycles. The zero-order valence-corrected chi connectivity index (χ0v) is 12.3. The molecule has 0 amide bonds. The predicted octanol–water partition coefficient (Wildman–Crippen LogP) is 1.18. The van der Waals surface area contributed by atoms with E-state index in [1.807, 2.05) is 4.90 Å². The summed E-state index contributed by atoms with van der Waals surface area (Å²) in [5.74, 6) is -1.77. The number of sulfonamides is 1. The van der Waals surface area contributed by atoms with E-state index in [-0.39, 0.29) is 19.1 Å². The van der Waals surface area contributed by atoms with E-state index in [2.05, 4.69) is 6.07 Å². The standard InChI is InChI=1S/C13H15F2N3O2S/c1-10(9-16)17-4-6-18(7-5-17)21(19,20)13-8-11(14)2-3-12(13)15/h2-3,8,10H,4-7H2,1H3. The van der Waals surface area contributed by atoms with Crippen molar-refractivity contribution in [1.82, 2.24) is 9.21 Å². The van der Waals surface area contributed by atoms with Crippen LogP contribution in [0.1, 0.15) is 6.92 Å². The average molecular weight is 315 g/mol. The van der Waals surface area contributed by atoms with E-state index >= 15 is 0 Å². The van der Waals surface area contributed by atoms with Crippen LogP contribution in [0.4, 0.5) is 8.78 Å². The zero-order chi connectivity index (χ0) is 15.6. The summed E-state index contributed by atoms with van der Waals surface area (Å²) in [5, 5.41) is 8.84. The number of nitrogens with zero attached hydrogens (tertiary/aromatic N) is 3. The Hall–Kier alpha value is -1.56. The Morgan fingerprint density at radius 3 is 2.43 bits per heavy atom.